The molecule has 2 amide bonds. The molecule has 2 aromatic carbocycles. The number of rotatable bonds is 6. The van der Waals surface area contributed by atoms with Crippen molar-refractivity contribution in [2.75, 3.05) is 24.4 Å². The van der Waals surface area contributed by atoms with E-state index >= 15 is 0 Å². The van der Waals surface area contributed by atoms with Gasteiger partial charge in [-0.05, 0) is 36.2 Å². The zero-order valence-electron chi connectivity index (χ0n) is 14.7. The highest BCUT2D eigenvalue weighted by molar-refractivity contribution is 6.14. The number of ether oxygens (including phenoxy) is 1. The van der Waals surface area contributed by atoms with Crippen LogP contribution < -0.4 is 10.6 Å². The number of hydrogen-bond donors (Lipinski definition) is 2. The molecule has 0 atom stereocenters. The molecule has 0 aliphatic carbocycles. The number of fused-ring (bicyclic) bond motifs is 1. The molecule has 0 unspecified atom stereocenters. The molecule has 0 bridgehead atoms. The Bertz CT molecular complexity index is 929. The van der Waals surface area contributed by atoms with Gasteiger partial charge in [0.15, 0.2) is 0 Å². The minimum atomic E-state index is -0.432. The van der Waals surface area contributed by atoms with Crippen LogP contribution in [0.15, 0.2) is 52.9 Å². The molecule has 0 radical (unpaired) electrons. The number of anilines is 2. The topological polar surface area (TPSA) is 80.6 Å². The molecule has 134 valence electrons. The second kappa shape index (κ2) is 7.84. The maximum Gasteiger partial charge on any atom is 0.293 e. The Hall–Kier alpha value is -3.12. The molecule has 0 aliphatic heterocycles. The summed E-state index contributed by atoms with van der Waals surface area (Å²) in [5, 5.41) is 6.16. The Labute approximate surface area is 151 Å². The predicted octanol–water partition coefficient (Wildman–Crippen LogP) is 3.83. The predicted molar refractivity (Wildman–Crippen MR) is 100 cm³/mol. The Morgan fingerprint density at radius 1 is 1.04 bits per heavy atom. The summed E-state index contributed by atoms with van der Waals surface area (Å²) in [7, 11) is 1.43. The number of para-hydroxylation sites is 1. The average Bonchev–Trinajstić information content (AvgIpc) is 3.01. The van der Waals surface area contributed by atoms with E-state index in [0.717, 1.165) is 6.42 Å². The lowest BCUT2D eigenvalue weighted by Gasteiger charge is -2.07. The van der Waals surface area contributed by atoms with Gasteiger partial charge in [0.05, 0.1) is 0 Å². The van der Waals surface area contributed by atoms with Crippen LogP contribution in [0, 0.1) is 0 Å². The van der Waals surface area contributed by atoms with Gasteiger partial charge in [-0.3, -0.25) is 9.59 Å². The molecule has 1 aromatic heterocycles. The van der Waals surface area contributed by atoms with E-state index in [-0.39, 0.29) is 18.3 Å². The second-order valence-electron chi connectivity index (χ2n) is 5.79. The lowest BCUT2D eigenvalue weighted by atomic mass is 10.1. The van der Waals surface area contributed by atoms with Crippen LogP contribution in [-0.2, 0) is 16.0 Å². The molecule has 0 saturated carbocycles. The first-order valence-electron chi connectivity index (χ1n) is 8.33. The van der Waals surface area contributed by atoms with Crippen molar-refractivity contribution in [3.05, 3.63) is 59.9 Å². The van der Waals surface area contributed by atoms with E-state index in [2.05, 4.69) is 17.6 Å². The van der Waals surface area contributed by atoms with Gasteiger partial charge in [-0.15, -0.1) is 0 Å². The van der Waals surface area contributed by atoms with E-state index in [1.807, 2.05) is 30.3 Å². The number of nitrogens with one attached hydrogen (secondary N) is 2. The third kappa shape index (κ3) is 3.75. The molecule has 6 heteroatoms. The van der Waals surface area contributed by atoms with E-state index in [0.29, 0.717) is 22.3 Å². The van der Waals surface area contributed by atoms with E-state index < -0.39 is 5.91 Å². The molecular weight excluding hydrogens is 332 g/mol. The molecule has 0 aliphatic rings. The van der Waals surface area contributed by atoms with Crippen LogP contribution >= 0.6 is 0 Å². The van der Waals surface area contributed by atoms with Crippen molar-refractivity contribution in [1.29, 1.82) is 0 Å². The molecule has 0 spiro atoms. The number of methoxy groups -OCH3 is 1. The molecule has 6 nitrogen and oxygen atoms in total. The van der Waals surface area contributed by atoms with Crippen molar-refractivity contribution < 1.29 is 18.7 Å². The normalized spacial score (nSPS) is 10.7. The number of hydrogen-bond acceptors (Lipinski definition) is 4. The van der Waals surface area contributed by atoms with Gasteiger partial charge in [-0.25, -0.2) is 0 Å². The zero-order chi connectivity index (χ0) is 18.5. The first kappa shape index (κ1) is 17.7. The van der Waals surface area contributed by atoms with Crippen LogP contribution in [0.25, 0.3) is 11.0 Å². The minimum absolute atomic E-state index is 0.0511. The average molecular weight is 352 g/mol. The first-order chi connectivity index (χ1) is 12.6. The Morgan fingerprint density at radius 2 is 1.77 bits per heavy atom. The molecule has 0 fully saturated rings. The monoisotopic (exact) mass is 352 g/mol. The molecule has 0 saturated heterocycles. The number of amides is 2. The maximum absolute atomic E-state index is 12.7. The number of carbonyl (C=O) groups is 2. The lowest BCUT2D eigenvalue weighted by molar-refractivity contribution is -0.119. The standard InChI is InChI=1S/C20H20N2O4/c1-3-13-8-10-14(11-9-13)21-20(24)19-18(22-17(23)12-25-2)15-6-4-5-7-16(15)26-19/h4-11H,3,12H2,1-2H3,(H,21,24)(H,22,23). The van der Waals surface area contributed by atoms with Gasteiger partial charge in [0.25, 0.3) is 5.91 Å². The molecule has 2 N–H and O–H groups in total. The van der Waals surface area contributed by atoms with E-state index in [1.165, 1.54) is 12.7 Å². The van der Waals surface area contributed by atoms with Gasteiger partial charge < -0.3 is 19.8 Å². The van der Waals surface area contributed by atoms with E-state index in [4.69, 9.17) is 9.15 Å². The van der Waals surface area contributed by atoms with Gasteiger partial charge in [0.1, 0.15) is 17.9 Å². The van der Waals surface area contributed by atoms with Crippen LogP contribution in [0.4, 0.5) is 11.4 Å². The van der Waals surface area contributed by atoms with E-state index in [9.17, 15) is 9.59 Å². The van der Waals surface area contributed by atoms with Gasteiger partial charge in [0.2, 0.25) is 11.7 Å². The number of carbonyl (C=O) groups excluding carboxylic acids is 2. The SMILES string of the molecule is CCc1ccc(NC(=O)c2oc3ccccc3c2NC(=O)COC)cc1. The van der Waals surface area contributed by atoms with Crippen molar-refractivity contribution in [3.8, 4) is 0 Å². The summed E-state index contributed by atoms with van der Waals surface area (Å²) in [5.74, 6) is -0.742. The van der Waals surface area contributed by atoms with Crippen molar-refractivity contribution in [3.63, 3.8) is 0 Å². The maximum atomic E-state index is 12.7. The van der Waals surface area contributed by atoms with E-state index in [1.54, 1.807) is 18.2 Å². The third-order valence-corrected chi connectivity index (χ3v) is 3.96. The summed E-state index contributed by atoms with van der Waals surface area (Å²) in [6, 6.07) is 14.7. The highest BCUT2D eigenvalue weighted by Crippen LogP contribution is 2.31. The Morgan fingerprint density at radius 3 is 2.46 bits per heavy atom. The summed E-state index contributed by atoms with van der Waals surface area (Å²) >= 11 is 0. The fourth-order valence-electron chi connectivity index (χ4n) is 2.65. The fourth-order valence-corrected chi connectivity index (χ4v) is 2.65. The Balaban J connectivity index is 1.91. The van der Waals surface area contributed by atoms with Crippen LogP contribution in [0.2, 0.25) is 0 Å². The summed E-state index contributed by atoms with van der Waals surface area (Å²) in [5.41, 5.74) is 2.69. The van der Waals surface area contributed by atoms with Crippen LogP contribution in [-0.4, -0.2) is 25.5 Å². The van der Waals surface area contributed by atoms with Crippen molar-refractivity contribution in [2.24, 2.45) is 0 Å². The lowest BCUT2D eigenvalue weighted by Crippen LogP contribution is -2.20. The van der Waals surface area contributed by atoms with Crippen molar-refractivity contribution in [2.45, 2.75) is 13.3 Å². The second-order valence-corrected chi connectivity index (χ2v) is 5.79. The quantitative estimate of drug-likeness (QED) is 0.706. The van der Waals surface area contributed by atoms with Gasteiger partial charge in [-0.1, -0.05) is 31.2 Å². The zero-order valence-corrected chi connectivity index (χ0v) is 14.7. The largest absolute Gasteiger partial charge is 0.449 e. The van der Waals surface area contributed by atoms with Crippen LogP contribution in [0.5, 0.6) is 0 Å². The molecular formula is C20H20N2O4. The first-order valence-corrected chi connectivity index (χ1v) is 8.33. The van der Waals surface area contributed by atoms with Gasteiger partial charge >= 0.3 is 0 Å². The molecule has 3 aromatic rings. The number of benzene rings is 2. The van der Waals surface area contributed by atoms with Crippen molar-refractivity contribution >= 4 is 34.2 Å². The molecule has 3 rings (SSSR count). The van der Waals surface area contributed by atoms with Crippen LogP contribution in [0.3, 0.4) is 0 Å². The smallest absolute Gasteiger partial charge is 0.293 e. The van der Waals surface area contributed by atoms with Gasteiger partial charge in [0, 0.05) is 18.2 Å². The summed E-state index contributed by atoms with van der Waals surface area (Å²) in [6.45, 7) is 1.95. The third-order valence-electron chi connectivity index (χ3n) is 3.96. The van der Waals surface area contributed by atoms with Gasteiger partial charge in [-0.2, -0.15) is 0 Å². The molecule has 26 heavy (non-hydrogen) atoms. The highest BCUT2D eigenvalue weighted by Gasteiger charge is 2.22. The highest BCUT2D eigenvalue weighted by atomic mass is 16.5. The fraction of sp³-hybridized carbons (Fsp3) is 0.200. The summed E-state index contributed by atoms with van der Waals surface area (Å²) in [4.78, 5) is 24.7. The molecule has 1 heterocycles. The van der Waals surface area contributed by atoms with Crippen molar-refractivity contribution in [1.82, 2.24) is 0 Å². The number of aryl methyl sites for hydroxylation is 1. The van der Waals surface area contributed by atoms with Crippen LogP contribution in [0.1, 0.15) is 23.0 Å². The summed E-state index contributed by atoms with van der Waals surface area (Å²) < 4.78 is 10.5. The number of furan rings is 1. The Kier molecular flexibility index (Phi) is 5.34. The minimum Gasteiger partial charge on any atom is -0.449 e. The summed E-state index contributed by atoms with van der Waals surface area (Å²) in [6.07, 6.45) is 0.924.